The number of nitriles is 1. The van der Waals surface area contributed by atoms with E-state index in [-0.39, 0.29) is 0 Å². The maximum atomic E-state index is 11.1. The second-order valence-electron chi connectivity index (χ2n) is 2.83. The van der Waals surface area contributed by atoms with Crippen LogP contribution in [-0.2, 0) is 14.6 Å². The van der Waals surface area contributed by atoms with Crippen molar-refractivity contribution in [2.45, 2.75) is 25.1 Å². The number of carbonyl (C=O) groups is 1. The van der Waals surface area contributed by atoms with Gasteiger partial charge in [-0.25, -0.2) is 8.42 Å². The summed E-state index contributed by atoms with van der Waals surface area (Å²) in [6.07, 6.45) is 0.980. The Labute approximate surface area is 77.7 Å². The number of hydrogen-bond donors (Lipinski definition) is 1. The Kier molecular flexibility index (Phi) is 3.88. The van der Waals surface area contributed by atoms with Gasteiger partial charge >= 0.3 is 0 Å². The predicted molar refractivity (Wildman–Crippen MR) is 47.5 cm³/mol. The molecule has 0 rings (SSSR count). The fraction of sp³-hybridized carbons (Fsp3) is 0.714. The first-order valence-electron chi connectivity index (χ1n) is 3.68. The Morgan fingerprint density at radius 2 is 1.92 bits per heavy atom. The van der Waals surface area contributed by atoms with Gasteiger partial charge < -0.3 is 5.32 Å². The fourth-order valence-corrected chi connectivity index (χ4v) is 1.01. The highest BCUT2D eigenvalue weighted by Crippen LogP contribution is 1.97. The number of nitrogens with one attached hydrogen (secondary N) is 1. The lowest BCUT2D eigenvalue weighted by atomic mass is 10.3. The van der Waals surface area contributed by atoms with E-state index < -0.39 is 27.0 Å². The van der Waals surface area contributed by atoms with Crippen LogP contribution in [0.4, 0.5) is 0 Å². The van der Waals surface area contributed by atoms with Gasteiger partial charge in [-0.1, -0.05) is 0 Å². The zero-order valence-corrected chi connectivity index (χ0v) is 8.55. The summed E-state index contributed by atoms with van der Waals surface area (Å²) in [5.41, 5.74) is 0. The Morgan fingerprint density at radius 1 is 1.46 bits per heavy atom. The van der Waals surface area contributed by atoms with E-state index in [4.69, 9.17) is 5.26 Å². The molecule has 74 valence electrons. The van der Waals surface area contributed by atoms with Crippen molar-refractivity contribution in [3.05, 3.63) is 0 Å². The number of sulfone groups is 1. The van der Waals surface area contributed by atoms with Crippen molar-refractivity contribution < 1.29 is 13.2 Å². The highest BCUT2D eigenvalue weighted by atomic mass is 32.2. The van der Waals surface area contributed by atoms with Crippen LogP contribution in [0.25, 0.3) is 0 Å². The topological polar surface area (TPSA) is 87.0 Å². The molecule has 0 aliphatic heterocycles. The smallest absolute Gasteiger partial charge is 0.239 e. The molecule has 1 unspecified atom stereocenters. The number of hydrogen-bond acceptors (Lipinski definition) is 4. The Morgan fingerprint density at radius 3 is 2.23 bits per heavy atom. The second kappa shape index (κ2) is 4.23. The molecule has 2 atom stereocenters. The van der Waals surface area contributed by atoms with Crippen LogP contribution in [0.3, 0.4) is 0 Å². The van der Waals surface area contributed by atoms with Gasteiger partial charge in [0.2, 0.25) is 5.91 Å². The van der Waals surface area contributed by atoms with Crippen molar-refractivity contribution in [3.8, 4) is 6.07 Å². The first-order chi connectivity index (χ1) is 5.79. The van der Waals surface area contributed by atoms with Gasteiger partial charge in [0.25, 0.3) is 0 Å². The van der Waals surface area contributed by atoms with E-state index in [0.29, 0.717) is 0 Å². The zero-order valence-electron chi connectivity index (χ0n) is 7.73. The third-order valence-electron chi connectivity index (χ3n) is 1.56. The Hall–Kier alpha value is -1.09. The molecule has 0 saturated carbocycles. The van der Waals surface area contributed by atoms with Gasteiger partial charge in [0, 0.05) is 6.26 Å². The highest BCUT2D eigenvalue weighted by Gasteiger charge is 2.24. The minimum Gasteiger partial charge on any atom is -0.340 e. The van der Waals surface area contributed by atoms with Gasteiger partial charge in [0.05, 0.1) is 6.07 Å². The predicted octanol–water partition coefficient (Wildman–Crippen LogP) is -0.552. The number of carbonyl (C=O) groups excluding carboxylic acids is 1. The lowest BCUT2D eigenvalue weighted by molar-refractivity contribution is -0.120. The quantitative estimate of drug-likeness (QED) is 0.668. The second-order valence-corrected chi connectivity index (χ2v) is 5.20. The first kappa shape index (κ1) is 11.9. The Balaban J connectivity index is 4.40. The molecule has 1 N–H and O–H groups in total. The van der Waals surface area contributed by atoms with E-state index in [9.17, 15) is 13.2 Å². The average molecular weight is 204 g/mol. The molecular weight excluding hydrogens is 192 g/mol. The molecular formula is C7H12N2O3S. The number of amides is 1. The molecule has 0 aliphatic carbocycles. The summed E-state index contributed by atoms with van der Waals surface area (Å²) in [5, 5.41) is 9.50. The van der Waals surface area contributed by atoms with Gasteiger partial charge in [-0.05, 0) is 13.8 Å². The zero-order chi connectivity index (χ0) is 10.6. The summed E-state index contributed by atoms with van der Waals surface area (Å²) in [5.74, 6) is -0.642. The van der Waals surface area contributed by atoms with Gasteiger partial charge in [-0.15, -0.1) is 0 Å². The molecule has 5 nitrogen and oxygen atoms in total. The van der Waals surface area contributed by atoms with Crippen molar-refractivity contribution in [1.29, 1.82) is 5.26 Å². The largest absolute Gasteiger partial charge is 0.340 e. The fourth-order valence-electron chi connectivity index (χ4n) is 0.557. The van der Waals surface area contributed by atoms with Crippen LogP contribution in [0.15, 0.2) is 0 Å². The van der Waals surface area contributed by atoms with E-state index in [1.807, 2.05) is 0 Å². The van der Waals surface area contributed by atoms with Gasteiger partial charge in [0.15, 0.2) is 9.84 Å². The van der Waals surface area contributed by atoms with Crippen LogP contribution >= 0.6 is 0 Å². The SMILES string of the molecule is CC(C(=O)N[C@H](C)C#N)S(C)(=O)=O. The third-order valence-corrected chi connectivity index (χ3v) is 3.06. The van der Waals surface area contributed by atoms with Crippen molar-refractivity contribution >= 4 is 15.7 Å². The minimum absolute atomic E-state index is 0.642. The summed E-state index contributed by atoms with van der Waals surface area (Å²) < 4.78 is 21.8. The maximum absolute atomic E-state index is 11.1. The molecule has 0 heterocycles. The van der Waals surface area contributed by atoms with Crippen LogP contribution in [0, 0.1) is 11.3 Å². The molecule has 0 spiro atoms. The standard InChI is InChI=1S/C7H12N2O3S/c1-5(4-8)9-7(10)6(2)13(3,11)12/h5-6H,1-3H3,(H,9,10)/t5-,6?/m1/s1. The minimum atomic E-state index is -3.38. The summed E-state index contributed by atoms with van der Waals surface area (Å²) in [6, 6.07) is 1.11. The van der Waals surface area contributed by atoms with Crippen LogP contribution in [0.5, 0.6) is 0 Å². The Bertz CT molecular complexity index is 328. The van der Waals surface area contributed by atoms with Crippen LogP contribution in [0.2, 0.25) is 0 Å². The van der Waals surface area contributed by atoms with Crippen LogP contribution < -0.4 is 5.32 Å². The van der Waals surface area contributed by atoms with Crippen molar-refractivity contribution in [2.24, 2.45) is 0 Å². The normalized spacial score (nSPS) is 15.5. The first-order valence-corrected chi connectivity index (χ1v) is 5.63. The summed E-state index contributed by atoms with van der Waals surface area (Å²) in [7, 11) is -3.38. The molecule has 1 amide bonds. The molecule has 0 aliphatic rings. The molecule has 0 aromatic rings. The number of nitrogens with zero attached hydrogens (tertiary/aromatic N) is 1. The molecule has 0 radical (unpaired) electrons. The van der Waals surface area contributed by atoms with E-state index in [1.165, 1.54) is 13.8 Å². The number of rotatable bonds is 3. The van der Waals surface area contributed by atoms with Crippen molar-refractivity contribution in [2.75, 3.05) is 6.26 Å². The van der Waals surface area contributed by atoms with E-state index >= 15 is 0 Å². The van der Waals surface area contributed by atoms with E-state index in [0.717, 1.165) is 6.26 Å². The molecule has 0 saturated heterocycles. The lowest BCUT2D eigenvalue weighted by Crippen LogP contribution is -2.41. The molecule has 0 aromatic carbocycles. The van der Waals surface area contributed by atoms with Gasteiger partial charge in [-0.2, -0.15) is 5.26 Å². The maximum Gasteiger partial charge on any atom is 0.239 e. The van der Waals surface area contributed by atoms with Gasteiger partial charge in [0.1, 0.15) is 11.3 Å². The monoisotopic (exact) mass is 204 g/mol. The van der Waals surface area contributed by atoms with Crippen LogP contribution in [0.1, 0.15) is 13.8 Å². The van der Waals surface area contributed by atoms with E-state index in [1.54, 1.807) is 6.07 Å². The van der Waals surface area contributed by atoms with Crippen LogP contribution in [-0.4, -0.2) is 31.9 Å². The summed E-state index contributed by atoms with van der Waals surface area (Å²) in [4.78, 5) is 11.1. The molecule has 0 aromatic heterocycles. The van der Waals surface area contributed by atoms with Crippen molar-refractivity contribution in [3.63, 3.8) is 0 Å². The third kappa shape index (κ3) is 3.90. The van der Waals surface area contributed by atoms with Gasteiger partial charge in [-0.3, -0.25) is 4.79 Å². The molecule has 0 bridgehead atoms. The molecule has 6 heteroatoms. The lowest BCUT2D eigenvalue weighted by Gasteiger charge is -2.10. The highest BCUT2D eigenvalue weighted by molar-refractivity contribution is 7.92. The summed E-state index contributed by atoms with van der Waals surface area (Å²) in [6.45, 7) is 2.77. The summed E-state index contributed by atoms with van der Waals surface area (Å²) >= 11 is 0. The average Bonchev–Trinajstić information content (AvgIpc) is 2.01. The van der Waals surface area contributed by atoms with Crippen molar-refractivity contribution in [1.82, 2.24) is 5.32 Å². The molecule has 0 fully saturated rings. The van der Waals surface area contributed by atoms with E-state index in [2.05, 4.69) is 5.32 Å². The molecule has 13 heavy (non-hydrogen) atoms.